The zero-order valence-electron chi connectivity index (χ0n) is 23.4. The molecular formula is C30H36FN7O. The predicted molar refractivity (Wildman–Crippen MR) is 152 cm³/mol. The molecule has 3 aliphatic rings. The van der Waals surface area contributed by atoms with Crippen LogP contribution in [0.3, 0.4) is 0 Å². The van der Waals surface area contributed by atoms with Crippen LogP contribution < -0.4 is 15.1 Å². The number of pyridine rings is 2. The number of hydrogen-bond donors (Lipinski definition) is 1. The smallest absolute Gasteiger partial charge is 0.126 e. The van der Waals surface area contributed by atoms with Gasteiger partial charge in [-0.05, 0) is 62.6 Å². The van der Waals surface area contributed by atoms with E-state index in [1.807, 2.05) is 30.5 Å². The van der Waals surface area contributed by atoms with E-state index in [0.29, 0.717) is 17.5 Å². The van der Waals surface area contributed by atoms with Gasteiger partial charge in [0, 0.05) is 63.1 Å². The minimum atomic E-state index is -0.782. The Labute approximate surface area is 230 Å². The third kappa shape index (κ3) is 5.63. The summed E-state index contributed by atoms with van der Waals surface area (Å²) in [7, 11) is 0. The molecule has 1 aliphatic carbocycles. The Morgan fingerprint density at radius 3 is 2.72 bits per heavy atom. The number of piperazine rings is 1. The van der Waals surface area contributed by atoms with E-state index in [2.05, 4.69) is 49.0 Å². The molecule has 3 aromatic rings. The second-order valence-corrected chi connectivity index (χ2v) is 10.9. The Bertz CT molecular complexity index is 1370. The summed E-state index contributed by atoms with van der Waals surface area (Å²) >= 11 is 0. The number of fused-ring (bicyclic) bond motifs is 1. The summed E-state index contributed by atoms with van der Waals surface area (Å²) in [6.07, 6.45) is 3.84. The maximum absolute atomic E-state index is 13.9. The lowest BCUT2D eigenvalue weighted by Crippen LogP contribution is -2.54. The molecule has 8 nitrogen and oxygen atoms in total. The fraction of sp³-hybridized carbons (Fsp3) is 0.500. The van der Waals surface area contributed by atoms with Crippen LogP contribution in [0.2, 0.25) is 0 Å². The van der Waals surface area contributed by atoms with Crippen molar-refractivity contribution in [2.45, 2.75) is 50.6 Å². The number of nitriles is 1. The second-order valence-electron chi connectivity index (χ2n) is 10.9. The standard InChI is InChI=1S/C30H36FN7O/c1-21-18-38(28-9-7-22(16-32)30-25(28)4-3-11-33-30)20-24(39-21)19-36-12-14-37(15-13-36)23-8-10-29(34-17-23)35-27-6-2-5-26(27)31/h3-4,7-11,17,21,24,26-27H,2,5-6,12-15,18-20H2,1H3,(H,34,35)/t21-,24+,26-,27+/m1/s1/i11D. The Balaban J connectivity index is 1.06. The largest absolute Gasteiger partial charge is 0.370 e. The number of halogens is 1. The van der Waals surface area contributed by atoms with Gasteiger partial charge in [-0.2, -0.15) is 5.26 Å². The molecule has 4 heterocycles. The van der Waals surface area contributed by atoms with E-state index in [1.54, 1.807) is 6.07 Å². The number of aromatic nitrogens is 2. The average molecular weight is 531 g/mol. The van der Waals surface area contributed by atoms with Gasteiger partial charge in [-0.3, -0.25) is 9.88 Å². The molecule has 0 bridgehead atoms. The predicted octanol–water partition coefficient (Wildman–Crippen LogP) is 4.22. The molecule has 1 N–H and O–H groups in total. The molecule has 204 valence electrons. The summed E-state index contributed by atoms with van der Waals surface area (Å²) in [5.74, 6) is 0.746. The quantitative estimate of drug-likeness (QED) is 0.508. The van der Waals surface area contributed by atoms with Crippen LogP contribution in [0.1, 0.15) is 33.1 Å². The molecule has 1 saturated carbocycles. The summed E-state index contributed by atoms with van der Waals surface area (Å²) in [6.45, 7) is 8.19. The van der Waals surface area contributed by atoms with Crippen LogP contribution in [0.15, 0.2) is 48.8 Å². The third-order valence-electron chi connectivity index (χ3n) is 8.19. The van der Waals surface area contributed by atoms with E-state index < -0.39 is 6.17 Å². The summed E-state index contributed by atoms with van der Waals surface area (Å²) in [5.41, 5.74) is 3.21. The van der Waals surface area contributed by atoms with Crippen LogP contribution in [0.4, 0.5) is 21.6 Å². The number of rotatable bonds is 6. The fourth-order valence-electron chi connectivity index (χ4n) is 6.22. The molecule has 39 heavy (non-hydrogen) atoms. The first-order valence-electron chi connectivity index (χ1n) is 14.5. The van der Waals surface area contributed by atoms with Gasteiger partial charge < -0.3 is 19.9 Å². The van der Waals surface area contributed by atoms with Crippen molar-refractivity contribution < 1.29 is 10.5 Å². The summed E-state index contributed by atoms with van der Waals surface area (Å²) in [6, 6.07) is 13.5. The Morgan fingerprint density at radius 1 is 1.10 bits per heavy atom. The number of alkyl halides is 1. The van der Waals surface area contributed by atoms with Crippen LogP contribution in [0, 0.1) is 11.3 Å². The number of nitrogens with one attached hydrogen (secondary N) is 1. The Morgan fingerprint density at radius 2 is 1.97 bits per heavy atom. The van der Waals surface area contributed by atoms with Gasteiger partial charge in [0.25, 0.3) is 0 Å². The lowest BCUT2D eigenvalue weighted by atomic mass is 10.1. The number of ether oxygens (including phenoxy) is 1. The number of morpholine rings is 1. The fourth-order valence-corrected chi connectivity index (χ4v) is 6.22. The van der Waals surface area contributed by atoms with E-state index >= 15 is 0 Å². The molecule has 6 rings (SSSR count). The number of nitrogens with zero attached hydrogens (tertiary/aromatic N) is 6. The van der Waals surface area contributed by atoms with Gasteiger partial charge in [0.15, 0.2) is 0 Å². The lowest BCUT2D eigenvalue weighted by Gasteiger charge is -2.42. The number of hydrogen-bond acceptors (Lipinski definition) is 8. The van der Waals surface area contributed by atoms with Crippen LogP contribution in [0.25, 0.3) is 10.9 Å². The minimum absolute atomic E-state index is 0.0614. The van der Waals surface area contributed by atoms with Crippen LogP contribution in [0.5, 0.6) is 0 Å². The van der Waals surface area contributed by atoms with Crippen molar-refractivity contribution in [1.29, 1.82) is 5.26 Å². The molecule has 0 unspecified atom stereocenters. The topological polar surface area (TPSA) is 80.5 Å². The monoisotopic (exact) mass is 530 g/mol. The van der Waals surface area contributed by atoms with Crippen molar-refractivity contribution in [3.63, 3.8) is 0 Å². The number of benzene rings is 1. The van der Waals surface area contributed by atoms with Crippen LogP contribution >= 0.6 is 0 Å². The Hall–Kier alpha value is -3.48. The van der Waals surface area contributed by atoms with Crippen molar-refractivity contribution in [2.24, 2.45) is 0 Å². The lowest BCUT2D eigenvalue weighted by molar-refractivity contribution is -0.0327. The molecule has 0 spiro atoms. The first kappa shape index (κ1) is 24.6. The average Bonchev–Trinajstić information content (AvgIpc) is 3.36. The van der Waals surface area contributed by atoms with E-state index in [-0.39, 0.29) is 24.4 Å². The van der Waals surface area contributed by atoms with Crippen molar-refractivity contribution in [2.75, 3.05) is 60.9 Å². The molecule has 0 amide bonds. The number of anilines is 3. The van der Waals surface area contributed by atoms with Crippen molar-refractivity contribution >= 4 is 28.1 Å². The van der Waals surface area contributed by atoms with Gasteiger partial charge in [0.2, 0.25) is 0 Å². The molecule has 2 aromatic heterocycles. The van der Waals surface area contributed by atoms with E-state index in [0.717, 1.165) is 81.2 Å². The molecule has 3 fully saturated rings. The van der Waals surface area contributed by atoms with Crippen LogP contribution in [-0.2, 0) is 4.74 Å². The van der Waals surface area contributed by atoms with Crippen LogP contribution in [-0.4, -0.2) is 85.1 Å². The molecule has 2 aliphatic heterocycles. The maximum Gasteiger partial charge on any atom is 0.126 e. The maximum atomic E-state index is 13.9. The molecule has 0 radical (unpaired) electrons. The molecule has 1 aromatic carbocycles. The molecule has 9 heteroatoms. The van der Waals surface area contributed by atoms with Gasteiger partial charge in [-0.25, -0.2) is 9.37 Å². The van der Waals surface area contributed by atoms with Gasteiger partial charge in [-0.15, -0.1) is 0 Å². The Kier molecular flexibility index (Phi) is 7.13. The van der Waals surface area contributed by atoms with Gasteiger partial charge >= 0.3 is 0 Å². The SMILES string of the molecule is [2H]c1ccc2c(N3C[C@H](CN4CCN(c5ccc(N[C@H]6CCC[C@H]6F)nc5)CC4)O[C@H](C)C3)ccc(C#N)c2n1. The third-order valence-corrected chi connectivity index (χ3v) is 8.19. The van der Waals surface area contributed by atoms with Gasteiger partial charge in [0.05, 0.1) is 42.6 Å². The second kappa shape index (κ2) is 11.3. The van der Waals surface area contributed by atoms with E-state index in [4.69, 9.17) is 6.11 Å². The highest BCUT2D eigenvalue weighted by atomic mass is 19.1. The molecule has 2 saturated heterocycles. The minimum Gasteiger partial charge on any atom is -0.370 e. The highest BCUT2D eigenvalue weighted by molar-refractivity contribution is 5.95. The van der Waals surface area contributed by atoms with E-state index in [9.17, 15) is 9.65 Å². The summed E-state index contributed by atoms with van der Waals surface area (Å²) in [4.78, 5) is 16.1. The van der Waals surface area contributed by atoms with E-state index in [1.165, 1.54) is 0 Å². The molecule has 4 atom stereocenters. The van der Waals surface area contributed by atoms with Crippen molar-refractivity contribution in [3.05, 3.63) is 54.3 Å². The first-order chi connectivity index (χ1) is 19.5. The summed E-state index contributed by atoms with van der Waals surface area (Å²) < 4.78 is 28.2. The highest BCUT2D eigenvalue weighted by Crippen LogP contribution is 2.31. The van der Waals surface area contributed by atoms with Gasteiger partial charge in [-0.1, -0.05) is 0 Å². The normalized spacial score (nSPS) is 26.4. The highest BCUT2D eigenvalue weighted by Gasteiger charge is 2.30. The summed E-state index contributed by atoms with van der Waals surface area (Å²) in [5, 5.41) is 13.7. The molecular weight excluding hydrogens is 493 g/mol. The zero-order valence-corrected chi connectivity index (χ0v) is 22.4. The zero-order chi connectivity index (χ0) is 27.6. The van der Waals surface area contributed by atoms with Crippen molar-refractivity contribution in [1.82, 2.24) is 14.9 Å². The van der Waals surface area contributed by atoms with Crippen molar-refractivity contribution in [3.8, 4) is 6.07 Å². The first-order valence-corrected chi connectivity index (χ1v) is 14.0. The van der Waals surface area contributed by atoms with Gasteiger partial charge in [0.1, 0.15) is 18.1 Å².